The highest BCUT2D eigenvalue weighted by atomic mass is 32.2. The first kappa shape index (κ1) is 28.7. The van der Waals surface area contributed by atoms with Gasteiger partial charge in [-0.25, -0.2) is 18.8 Å². The summed E-state index contributed by atoms with van der Waals surface area (Å²) in [6, 6.07) is 8.72. The molecule has 0 spiro atoms. The fraction of sp³-hybridized carbons (Fsp3) is 0.522. The van der Waals surface area contributed by atoms with Gasteiger partial charge in [0.05, 0.1) is 18.4 Å². The first-order valence-electron chi connectivity index (χ1n) is 11.5. The van der Waals surface area contributed by atoms with Crippen LogP contribution in [-0.2, 0) is 21.2 Å². The van der Waals surface area contributed by atoms with Gasteiger partial charge in [0.15, 0.2) is 5.13 Å². The maximum absolute atomic E-state index is 12.8. The number of anilines is 1. The van der Waals surface area contributed by atoms with Gasteiger partial charge in [0.1, 0.15) is 5.69 Å². The molecule has 10 nitrogen and oxygen atoms in total. The molecule has 0 aliphatic carbocycles. The van der Waals surface area contributed by atoms with Crippen molar-refractivity contribution in [2.45, 2.75) is 52.2 Å². The van der Waals surface area contributed by atoms with E-state index in [0.717, 1.165) is 29.6 Å². The SMILES string of the molecule is CCN(NC[C@@H](O)[C@H](Cc1ccccc1)NC(=O)c1csc(NS(C)(=O)=O)n1)C(=O)CCC(C)C. The summed E-state index contributed by atoms with van der Waals surface area (Å²) in [7, 11) is -3.52. The Kier molecular flexibility index (Phi) is 11.1. The zero-order chi connectivity index (χ0) is 26.0. The van der Waals surface area contributed by atoms with Gasteiger partial charge in [-0.3, -0.25) is 19.3 Å². The molecule has 1 heterocycles. The van der Waals surface area contributed by atoms with E-state index >= 15 is 0 Å². The number of carbonyl (C=O) groups excluding carboxylic acids is 2. The fourth-order valence-electron chi connectivity index (χ4n) is 3.25. The maximum atomic E-state index is 12.8. The van der Waals surface area contributed by atoms with Gasteiger partial charge in [0, 0.05) is 24.9 Å². The van der Waals surface area contributed by atoms with E-state index in [1.807, 2.05) is 37.3 Å². The second kappa shape index (κ2) is 13.5. The van der Waals surface area contributed by atoms with Crippen molar-refractivity contribution in [3.63, 3.8) is 0 Å². The molecule has 35 heavy (non-hydrogen) atoms. The lowest BCUT2D eigenvalue weighted by molar-refractivity contribution is -0.134. The predicted octanol–water partition coefficient (Wildman–Crippen LogP) is 2.01. The van der Waals surface area contributed by atoms with Crippen LogP contribution in [0.15, 0.2) is 35.7 Å². The van der Waals surface area contributed by atoms with Crippen LogP contribution in [0.3, 0.4) is 0 Å². The van der Waals surface area contributed by atoms with Crippen LogP contribution in [0, 0.1) is 5.92 Å². The molecule has 12 heteroatoms. The molecule has 2 aromatic rings. The summed E-state index contributed by atoms with van der Waals surface area (Å²) in [6.45, 7) is 6.45. The molecule has 0 saturated heterocycles. The second-order valence-electron chi connectivity index (χ2n) is 8.68. The summed E-state index contributed by atoms with van der Waals surface area (Å²) in [5.41, 5.74) is 3.95. The molecular formula is C23H35N5O5S2. The van der Waals surface area contributed by atoms with Crippen molar-refractivity contribution in [2.75, 3.05) is 24.1 Å². The summed E-state index contributed by atoms with van der Waals surface area (Å²) in [5.74, 6) is -0.180. The topological polar surface area (TPSA) is 141 Å². The molecular weight excluding hydrogens is 490 g/mol. The quantitative estimate of drug-likeness (QED) is 0.277. The molecule has 0 aliphatic heterocycles. The molecule has 1 aromatic heterocycles. The lowest BCUT2D eigenvalue weighted by Crippen LogP contribution is -2.53. The van der Waals surface area contributed by atoms with Crippen LogP contribution in [0.25, 0.3) is 0 Å². The molecule has 0 saturated carbocycles. The van der Waals surface area contributed by atoms with E-state index in [0.29, 0.717) is 25.3 Å². The number of amides is 2. The largest absolute Gasteiger partial charge is 0.390 e. The normalized spacial score (nSPS) is 13.3. The molecule has 0 aliphatic rings. The Morgan fingerprint density at radius 2 is 1.89 bits per heavy atom. The van der Waals surface area contributed by atoms with E-state index in [2.05, 4.69) is 34.3 Å². The predicted molar refractivity (Wildman–Crippen MR) is 137 cm³/mol. The Morgan fingerprint density at radius 3 is 2.49 bits per heavy atom. The van der Waals surface area contributed by atoms with E-state index < -0.39 is 28.1 Å². The third-order valence-corrected chi connectivity index (χ3v) is 6.58. The lowest BCUT2D eigenvalue weighted by atomic mass is 10.0. The fourth-order valence-corrected chi connectivity index (χ4v) is 4.79. The number of aromatic nitrogens is 1. The first-order valence-corrected chi connectivity index (χ1v) is 14.3. The molecule has 2 atom stereocenters. The molecule has 0 unspecified atom stereocenters. The molecule has 1 aromatic carbocycles. The summed E-state index contributed by atoms with van der Waals surface area (Å²) >= 11 is 0.990. The molecule has 2 amide bonds. The van der Waals surface area contributed by atoms with Crippen LogP contribution in [0.1, 0.15) is 49.7 Å². The minimum atomic E-state index is -3.52. The van der Waals surface area contributed by atoms with E-state index in [4.69, 9.17) is 0 Å². The molecule has 0 bridgehead atoms. The number of aliphatic hydroxyl groups is 1. The van der Waals surface area contributed by atoms with E-state index in [9.17, 15) is 23.1 Å². The standard InChI is InChI=1S/C23H35N5O5S2/c1-5-28(21(30)12-11-16(2)3)24-14-20(29)18(13-17-9-7-6-8-10-17)25-22(31)19-15-34-23(26-19)27-35(4,32)33/h6-10,15-16,18,20,24,29H,5,11-14H2,1-4H3,(H,25,31)(H,26,27)/t18-,20+/m0/s1. The summed E-state index contributed by atoms with van der Waals surface area (Å²) in [4.78, 5) is 29.3. The van der Waals surface area contributed by atoms with Crippen LogP contribution in [-0.4, -0.2) is 66.8 Å². The number of hydrogen-bond acceptors (Lipinski definition) is 8. The van der Waals surface area contributed by atoms with Crippen molar-refractivity contribution >= 4 is 38.3 Å². The summed E-state index contributed by atoms with van der Waals surface area (Å²) in [5, 5.41) is 16.8. The Morgan fingerprint density at radius 1 is 1.20 bits per heavy atom. The smallest absolute Gasteiger partial charge is 0.271 e. The first-order chi connectivity index (χ1) is 16.5. The number of hydrogen-bond donors (Lipinski definition) is 4. The number of sulfonamides is 1. The number of thiazole rings is 1. The molecule has 194 valence electrons. The molecule has 0 radical (unpaired) electrons. The molecule has 2 rings (SSSR count). The number of aliphatic hydroxyl groups excluding tert-OH is 1. The van der Waals surface area contributed by atoms with Gasteiger partial charge >= 0.3 is 0 Å². The van der Waals surface area contributed by atoms with Crippen molar-refractivity contribution in [1.29, 1.82) is 0 Å². The monoisotopic (exact) mass is 525 g/mol. The summed E-state index contributed by atoms with van der Waals surface area (Å²) in [6.07, 6.45) is 1.52. The zero-order valence-electron chi connectivity index (χ0n) is 20.5. The number of nitrogens with zero attached hydrogens (tertiary/aromatic N) is 2. The average molecular weight is 526 g/mol. The number of carbonyl (C=O) groups is 2. The third-order valence-electron chi connectivity index (χ3n) is 5.13. The minimum absolute atomic E-state index is 0.0402. The number of benzene rings is 1. The molecule has 4 N–H and O–H groups in total. The minimum Gasteiger partial charge on any atom is -0.390 e. The number of rotatable bonds is 14. The Hall–Kier alpha value is -2.54. The number of nitrogens with one attached hydrogen (secondary N) is 3. The highest BCUT2D eigenvalue weighted by molar-refractivity contribution is 7.92. The van der Waals surface area contributed by atoms with Gasteiger partial charge in [0.25, 0.3) is 5.91 Å². The number of hydrazine groups is 1. The van der Waals surface area contributed by atoms with Gasteiger partial charge in [-0.2, -0.15) is 0 Å². The Labute approximate surface area is 211 Å². The van der Waals surface area contributed by atoms with Crippen molar-refractivity contribution in [3.8, 4) is 0 Å². The van der Waals surface area contributed by atoms with Crippen LogP contribution in [0.5, 0.6) is 0 Å². The zero-order valence-corrected chi connectivity index (χ0v) is 22.2. The van der Waals surface area contributed by atoms with Gasteiger partial charge in [0.2, 0.25) is 15.9 Å². The van der Waals surface area contributed by atoms with Gasteiger partial charge in [-0.05, 0) is 31.2 Å². The second-order valence-corrected chi connectivity index (χ2v) is 11.3. The van der Waals surface area contributed by atoms with Crippen LogP contribution >= 0.6 is 11.3 Å². The van der Waals surface area contributed by atoms with Crippen molar-refractivity contribution in [1.82, 2.24) is 20.7 Å². The Balaban J connectivity index is 2.09. The third kappa shape index (κ3) is 10.3. The maximum Gasteiger partial charge on any atom is 0.271 e. The summed E-state index contributed by atoms with van der Waals surface area (Å²) < 4.78 is 25.1. The van der Waals surface area contributed by atoms with Crippen molar-refractivity contribution in [3.05, 3.63) is 47.0 Å². The molecule has 0 fully saturated rings. The van der Waals surface area contributed by atoms with Crippen LogP contribution < -0.4 is 15.5 Å². The van der Waals surface area contributed by atoms with Gasteiger partial charge in [-0.1, -0.05) is 44.2 Å². The Bertz CT molecular complexity index is 1060. The van der Waals surface area contributed by atoms with Crippen molar-refractivity contribution < 1.29 is 23.1 Å². The average Bonchev–Trinajstić information content (AvgIpc) is 3.25. The van der Waals surface area contributed by atoms with Crippen LogP contribution in [0.4, 0.5) is 5.13 Å². The lowest BCUT2D eigenvalue weighted by Gasteiger charge is -2.28. The van der Waals surface area contributed by atoms with Crippen molar-refractivity contribution in [2.24, 2.45) is 5.92 Å². The highest BCUT2D eigenvalue weighted by Crippen LogP contribution is 2.17. The van der Waals surface area contributed by atoms with Crippen LogP contribution in [0.2, 0.25) is 0 Å². The van der Waals surface area contributed by atoms with E-state index in [1.165, 1.54) is 10.4 Å². The highest BCUT2D eigenvalue weighted by Gasteiger charge is 2.25. The van der Waals surface area contributed by atoms with E-state index in [1.54, 1.807) is 0 Å². The van der Waals surface area contributed by atoms with Gasteiger partial charge in [-0.15, -0.1) is 11.3 Å². The van der Waals surface area contributed by atoms with E-state index in [-0.39, 0.29) is 23.3 Å². The van der Waals surface area contributed by atoms with Gasteiger partial charge < -0.3 is 10.4 Å².